The Morgan fingerprint density at radius 2 is 2.00 bits per heavy atom. The van der Waals surface area contributed by atoms with Crippen molar-refractivity contribution in [3.63, 3.8) is 0 Å². The van der Waals surface area contributed by atoms with Gasteiger partial charge in [-0.1, -0.05) is 62.4 Å². The summed E-state index contributed by atoms with van der Waals surface area (Å²) in [6.45, 7) is 11.0. The second kappa shape index (κ2) is 12.2. The molecule has 1 fully saturated rings. The molecule has 1 aromatic rings. The van der Waals surface area contributed by atoms with E-state index in [9.17, 15) is 0 Å². The molecule has 0 unspecified atom stereocenters. The minimum atomic E-state index is 0.146. The fourth-order valence-corrected chi connectivity index (χ4v) is 3.43. The molecule has 3 rings (SSSR count). The minimum absolute atomic E-state index is 0.146. The molecule has 1 N–H and O–H groups in total. The molecule has 0 amide bonds. The van der Waals surface area contributed by atoms with E-state index in [0.29, 0.717) is 0 Å². The standard InChI is InChI=1S/C25H31N3.C2H6/c1-4-5-7-11-20(2)24(28-21(3)22-12-10-17-26-18-22)19-27-25(15-16-25)23-13-8-6-9-14-23;1-2/h4-5,7-8,10-14,17-18,27H,6,9,15-16,19H2,1-3H3;1-2H3/b5-4-,11-7-,24-20+,28-21?;. The van der Waals surface area contributed by atoms with Gasteiger partial charge in [-0.05, 0) is 63.7 Å². The van der Waals surface area contributed by atoms with Crippen molar-refractivity contribution in [2.75, 3.05) is 6.54 Å². The average molecular weight is 404 g/mol. The van der Waals surface area contributed by atoms with E-state index in [4.69, 9.17) is 4.99 Å². The molecule has 1 aromatic heterocycles. The lowest BCUT2D eigenvalue weighted by atomic mass is 9.98. The molecular weight excluding hydrogens is 366 g/mol. The van der Waals surface area contributed by atoms with Gasteiger partial charge < -0.3 is 5.32 Å². The number of pyridine rings is 1. The van der Waals surface area contributed by atoms with Crippen LogP contribution in [0.15, 0.2) is 88.9 Å². The van der Waals surface area contributed by atoms with Crippen LogP contribution < -0.4 is 5.32 Å². The number of aliphatic imine (C=N–C) groups is 1. The van der Waals surface area contributed by atoms with Crippen molar-refractivity contribution in [2.24, 2.45) is 4.99 Å². The molecule has 1 saturated carbocycles. The molecule has 2 aliphatic rings. The van der Waals surface area contributed by atoms with E-state index in [2.05, 4.69) is 60.6 Å². The van der Waals surface area contributed by atoms with Crippen LogP contribution in [0.4, 0.5) is 0 Å². The molecule has 0 spiro atoms. The van der Waals surface area contributed by atoms with Crippen LogP contribution in [0.3, 0.4) is 0 Å². The van der Waals surface area contributed by atoms with Crippen LogP contribution in [0.1, 0.15) is 65.9 Å². The van der Waals surface area contributed by atoms with Crippen LogP contribution >= 0.6 is 0 Å². The number of aromatic nitrogens is 1. The third-order valence-electron chi connectivity index (χ3n) is 5.38. The van der Waals surface area contributed by atoms with Crippen LogP contribution in [0.5, 0.6) is 0 Å². The highest BCUT2D eigenvalue weighted by Crippen LogP contribution is 2.44. The molecule has 1 heterocycles. The summed E-state index contributed by atoms with van der Waals surface area (Å²) < 4.78 is 0. The summed E-state index contributed by atoms with van der Waals surface area (Å²) in [6, 6.07) is 4.01. The van der Waals surface area contributed by atoms with Crippen LogP contribution in [-0.4, -0.2) is 22.8 Å². The SMILES string of the molecule is CC.C\C=C/C=C\C(C)=C(/CNC1(C2=CCCC=C2)CC1)N=C(C)c1cccnc1. The molecule has 0 atom stereocenters. The van der Waals surface area contributed by atoms with Gasteiger partial charge in [-0.2, -0.15) is 0 Å². The monoisotopic (exact) mass is 403 g/mol. The minimum Gasteiger partial charge on any atom is -0.302 e. The Kier molecular flexibility index (Phi) is 9.69. The summed E-state index contributed by atoms with van der Waals surface area (Å²) >= 11 is 0. The largest absolute Gasteiger partial charge is 0.302 e. The number of nitrogens with one attached hydrogen (secondary N) is 1. The second-order valence-corrected chi connectivity index (χ2v) is 7.53. The van der Waals surface area contributed by atoms with E-state index in [1.54, 1.807) is 6.20 Å². The van der Waals surface area contributed by atoms with E-state index in [-0.39, 0.29) is 5.54 Å². The van der Waals surface area contributed by atoms with Gasteiger partial charge in [0.15, 0.2) is 0 Å². The van der Waals surface area contributed by atoms with Gasteiger partial charge >= 0.3 is 0 Å². The van der Waals surface area contributed by atoms with Crippen LogP contribution in [-0.2, 0) is 0 Å². The first-order chi connectivity index (χ1) is 14.6. The molecule has 30 heavy (non-hydrogen) atoms. The smallest absolute Gasteiger partial charge is 0.0574 e. The normalized spacial score (nSPS) is 18.7. The molecule has 0 radical (unpaired) electrons. The van der Waals surface area contributed by atoms with Crippen LogP contribution in [0, 0.1) is 0 Å². The Morgan fingerprint density at radius 1 is 1.20 bits per heavy atom. The summed E-state index contributed by atoms with van der Waals surface area (Å²) in [7, 11) is 0. The zero-order valence-electron chi connectivity index (χ0n) is 19.3. The molecule has 0 aromatic carbocycles. The molecule has 2 aliphatic carbocycles. The van der Waals surface area contributed by atoms with Crippen molar-refractivity contribution in [3.05, 3.63) is 89.5 Å². The van der Waals surface area contributed by atoms with Crippen molar-refractivity contribution >= 4 is 5.71 Å². The number of rotatable bonds is 8. The van der Waals surface area contributed by atoms with Gasteiger partial charge in [0, 0.05) is 35.8 Å². The summed E-state index contributed by atoms with van der Waals surface area (Å²) in [5, 5.41) is 3.82. The maximum Gasteiger partial charge on any atom is 0.0574 e. The number of hydrogen-bond acceptors (Lipinski definition) is 3. The van der Waals surface area contributed by atoms with Gasteiger partial charge in [-0.15, -0.1) is 0 Å². The highest BCUT2D eigenvalue weighted by atomic mass is 15.0. The highest BCUT2D eigenvalue weighted by Gasteiger charge is 2.44. The first-order valence-electron chi connectivity index (χ1n) is 11.2. The van der Waals surface area contributed by atoms with Crippen molar-refractivity contribution in [2.45, 2.75) is 65.8 Å². The molecule has 160 valence electrons. The molecule has 3 heteroatoms. The Bertz CT molecular complexity index is 847. The molecule has 3 nitrogen and oxygen atoms in total. The summed E-state index contributed by atoms with van der Waals surface area (Å²) in [6.07, 6.45) is 23.7. The maximum absolute atomic E-state index is 4.98. The van der Waals surface area contributed by atoms with Gasteiger partial charge in [0.05, 0.1) is 5.70 Å². The predicted molar refractivity (Wildman–Crippen MR) is 131 cm³/mol. The number of nitrogens with zero attached hydrogens (tertiary/aromatic N) is 2. The van der Waals surface area contributed by atoms with E-state index in [1.807, 2.05) is 45.2 Å². The van der Waals surface area contributed by atoms with Gasteiger partial charge in [0.2, 0.25) is 0 Å². The fraction of sp³-hybridized carbons (Fsp3) is 0.407. The Balaban J connectivity index is 0.00000155. The number of allylic oxidation sites excluding steroid dienone is 7. The van der Waals surface area contributed by atoms with Crippen molar-refractivity contribution in [1.82, 2.24) is 10.3 Å². The zero-order chi connectivity index (χ0) is 21.8. The third kappa shape index (κ3) is 6.77. The Morgan fingerprint density at radius 3 is 2.60 bits per heavy atom. The predicted octanol–water partition coefficient (Wildman–Crippen LogP) is 6.72. The van der Waals surface area contributed by atoms with Gasteiger partial charge in [-0.3, -0.25) is 9.98 Å². The second-order valence-electron chi connectivity index (χ2n) is 7.53. The third-order valence-corrected chi connectivity index (χ3v) is 5.38. The molecule has 0 saturated heterocycles. The maximum atomic E-state index is 4.98. The summed E-state index contributed by atoms with van der Waals surface area (Å²) in [4.78, 5) is 9.21. The van der Waals surface area contributed by atoms with Crippen molar-refractivity contribution < 1.29 is 0 Å². The first kappa shape index (κ1) is 23.8. The lowest BCUT2D eigenvalue weighted by Gasteiger charge is -2.22. The summed E-state index contributed by atoms with van der Waals surface area (Å²) in [5.74, 6) is 0. The van der Waals surface area contributed by atoms with Gasteiger partial charge in [0.1, 0.15) is 0 Å². The van der Waals surface area contributed by atoms with E-state index in [1.165, 1.54) is 24.0 Å². The van der Waals surface area contributed by atoms with Crippen LogP contribution in [0.25, 0.3) is 0 Å². The van der Waals surface area contributed by atoms with Crippen molar-refractivity contribution in [3.8, 4) is 0 Å². The quantitative estimate of drug-likeness (QED) is 0.386. The molecule has 0 bridgehead atoms. The lowest BCUT2D eigenvalue weighted by Crippen LogP contribution is -2.34. The Hall–Kier alpha value is -2.52. The lowest BCUT2D eigenvalue weighted by molar-refractivity contribution is 0.593. The van der Waals surface area contributed by atoms with E-state index >= 15 is 0 Å². The fourth-order valence-electron chi connectivity index (χ4n) is 3.43. The van der Waals surface area contributed by atoms with Gasteiger partial charge in [-0.25, -0.2) is 0 Å². The van der Waals surface area contributed by atoms with E-state index < -0.39 is 0 Å². The zero-order valence-corrected chi connectivity index (χ0v) is 19.3. The summed E-state index contributed by atoms with van der Waals surface area (Å²) in [5.41, 5.74) is 5.90. The van der Waals surface area contributed by atoms with Crippen molar-refractivity contribution in [1.29, 1.82) is 0 Å². The molecular formula is C27H37N3. The van der Waals surface area contributed by atoms with Gasteiger partial charge in [0.25, 0.3) is 0 Å². The topological polar surface area (TPSA) is 37.3 Å². The Labute approximate surface area is 183 Å². The first-order valence-corrected chi connectivity index (χ1v) is 11.2. The van der Waals surface area contributed by atoms with E-state index in [0.717, 1.165) is 36.4 Å². The molecule has 0 aliphatic heterocycles. The highest BCUT2D eigenvalue weighted by molar-refractivity contribution is 5.99. The number of hydrogen-bond donors (Lipinski definition) is 1. The average Bonchev–Trinajstić information content (AvgIpc) is 3.60. The van der Waals surface area contributed by atoms with Crippen LogP contribution in [0.2, 0.25) is 0 Å².